The number of rotatable bonds is 4. The largest absolute Gasteiger partial charge is 0.326 e. The quantitative estimate of drug-likeness (QED) is 0.917. The average Bonchev–Trinajstić information content (AvgIpc) is 2.41. The van der Waals surface area contributed by atoms with Gasteiger partial charge in [-0.05, 0) is 36.1 Å². The van der Waals surface area contributed by atoms with Gasteiger partial charge in [0, 0.05) is 30.8 Å². The molecule has 1 N–H and O–H groups in total. The van der Waals surface area contributed by atoms with E-state index in [1.54, 1.807) is 0 Å². The van der Waals surface area contributed by atoms with Crippen LogP contribution >= 0.6 is 0 Å². The van der Waals surface area contributed by atoms with Crippen LogP contribution in [0.4, 0.5) is 11.4 Å². The monoisotopic (exact) mass is 274 g/mol. The molecule has 2 rings (SSSR count). The van der Waals surface area contributed by atoms with Crippen LogP contribution in [0.15, 0.2) is 18.2 Å². The standard InChI is InChI=1S/C16H22N2O2/c1-4-15(19)17-13-6-7-14-12(9-13)5-8-16(20)18(14)10-11(2)3/h6-7,9,11H,4-5,8,10H2,1-3H3,(H,17,19). The minimum atomic E-state index is 0.0101. The van der Waals surface area contributed by atoms with Gasteiger partial charge in [0.25, 0.3) is 0 Å². The van der Waals surface area contributed by atoms with Gasteiger partial charge in [0.05, 0.1) is 0 Å². The number of fused-ring (bicyclic) bond motifs is 1. The molecule has 0 spiro atoms. The zero-order valence-corrected chi connectivity index (χ0v) is 12.4. The van der Waals surface area contributed by atoms with Crippen LogP contribution in [0.25, 0.3) is 0 Å². The molecule has 1 aliphatic heterocycles. The molecule has 0 radical (unpaired) electrons. The first-order chi connectivity index (χ1) is 9.51. The maximum Gasteiger partial charge on any atom is 0.227 e. The number of anilines is 2. The van der Waals surface area contributed by atoms with E-state index in [4.69, 9.17) is 0 Å². The van der Waals surface area contributed by atoms with Gasteiger partial charge in [0.1, 0.15) is 0 Å². The van der Waals surface area contributed by atoms with Gasteiger partial charge >= 0.3 is 0 Å². The highest BCUT2D eigenvalue weighted by Crippen LogP contribution is 2.30. The Morgan fingerprint density at radius 1 is 1.35 bits per heavy atom. The summed E-state index contributed by atoms with van der Waals surface area (Å²) in [7, 11) is 0. The lowest BCUT2D eigenvalue weighted by molar-refractivity contribution is -0.119. The molecule has 1 aromatic rings. The lowest BCUT2D eigenvalue weighted by Gasteiger charge is -2.31. The molecule has 0 aliphatic carbocycles. The molecule has 0 aromatic heterocycles. The van der Waals surface area contributed by atoms with Crippen LogP contribution in [0.5, 0.6) is 0 Å². The summed E-state index contributed by atoms with van der Waals surface area (Å²) in [6.45, 7) is 6.79. The summed E-state index contributed by atoms with van der Waals surface area (Å²) in [6.07, 6.45) is 1.76. The van der Waals surface area contributed by atoms with Crippen molar-refractivity contribution in [1.29, 1.82) is 0 Å². The van der Waals surface area contributed by atoms with Crippen LogP contribution in [-0.4, -0.2) is 18.4 Å². The van der Waals surface area contributed by atoms with Crippen molar-refractivity contribution in [2.24, 2.45) is 5.92 Å². The minimum absolute atomic E-state index is 0.0101. The van der Waals surface area contributed by atoms with Crippen molar-refractivity contribution in [3.63, 3.8) is 0 Å². The zero-order valence-electron chi connectivity index (χ0n) is 12.4. The third-order valence-corrected chi connectivity index (χ3v) is 3.43. The number of hydrogen-bond acceptors (Lipinski definition) is 2. The highest BCUT2D eigenvalue weighted by molar-refractivity contribution is 5.97. The molecule has 0 saturated carbocycles. The number of nitrogens with zero attached hydrogens (tertiary/aromatic N) is 1. The van der Waals surface area contributed by atoms with E-state index in [2.05, 4.69) is 19.2 Å². The fourth-order valence-electron chi connectivity index (χ4n) is 2.45. The summed E-state index contributed by atoms with van der Waals surface area (Å²) in [6, 6.07) is 5.81. The van der Waals surface area contributed by atoms with Crippen LogP contribution in [0.3, 0.4) is 0 Å². The highest BCUT2D eigenvalue weighted by Gasteiger charge is 2.24. The Bertz CT molecular complexity index is 523. The maximum absolute atomic E-state index is 12.1. The van der Waals surface area contributed by atoms with Gasteiger partial charge < -0.3 is 10.2 Å². The van der Waals surface area contributed by atoms with Crippen molar-refractivity contribution in [3.05, 3.63) is 23.8 Å². The zero-order chi connectivity index (χ0) is 14.7. The van der Waals surface area contributed by atoms with Crippen molar-refractivity contribution in [1.82, 2.24) is 0 Å². The summed E-state index contributed by atoms with van der Waals surface area (Å²) in [5.74, 6) is 0.636. The minimum Gasteiger partial charge on any atom is -0.326 e. The summed E-state index contributed by atoms with van der Waals surface area (Å²) in [5.41, 5.74) is 2.94. The van der Waals surface area contributed by atoms with Gasteiger partial charge in [-0.3, -0.25) is 9.59 Å². The predicted molar refractivity (Wildman–Crippen MR) is 80.9 cm³/mol. The van der Waals surface area contributed by atoms with Gasteiger partial charge in [0.15, 0.2) is 0 Å². The molecule has 0 unspecified atom stereocenters. The molecule has 108 valence electrons. The van der Waals surface area contributed by atoms with Crippen molar-refractivity contribution in [2.75, 3.05) is 16.8 Å². The Hall–Kier alpha value is -1.84. The summed E-state index contributed by atoms with van der Waals surface area (Å²) < 4.78 is 0. The molecule has 0 saturated heterocycles. The van der Waals surface area contributed by atoms with Crippen LogP contribution in [-0.2, 0) is 16.0 Å². The molecule has 1 aliphatic rings. The van der Waals surface area contributed by atoms with Crippen LogP contribution in [0.1, 0.15) is 39.2 Å². The second kappa shape index (κ2) is 6.07. The highest BCUT2D eigenvalue weighted by atomic mass is 16.2. The molecule has 4 heteroatoms. The van der Waals surface area contributed by atoms with Crippen molar-refractivity contribution >= 4 is 23.2 Å². The van der Waals surface area contributed by atoms with E-state index in [0.29, 0.717) is 18.8 Å². The molecule has 2 amide bonds. The van der Waals surface area contributed by atoms with E-state index in [-0.39, 0.29) is 11.8 Å². The molecule has 20 heavy (non-hydrogen) atoms. The smallest absolute Gasteiger partial charge is 0.227 e. The third kappa shape index (κ3) is 3.18. The van der Waals surface area contributed by atoms with Gasteiger partial charge in [-0.15, -0.1) is 0 Å². The number of nitrogens with one attached hydrogen (secondary N) is 1. The Morgan fingerprint density at radius 2 is 2.10 bits per heavy atom. The van der Waals surface area contributed by atoms with Crippen LogP contribution in [0.2, 0.25) is 0 Å². The normalized spacial score (nSPS) is 14.4. The lowest BCUT2D eigenvalue weighted by Crippen LogP contribution is -2.37. The number of aryl methyl sites for hydroxylation is 1. The molecule has 0 bridgehead atoms. The molecule has 0 fully saturated rings. The first kappa shape index (κ1) is 14.6. The summed E-state index contributed by atoms with van der Waals surface area (Å²) >= 11 is 0. The maximum atomic E-state index is 12.1. The number of carbonyl (C=O) groups is 2. The second-order valence-corrected chi connectivity index (χ2v) is 5.64. The number of hydrogen-bond donors (Lipinski definition) is 1. The Morgan fingerprint density at radius 3 is 2.75 bits per heavy atom. The fourth-order valence-corrected chi connectivity index (χ4v) is 2.45. The van der Waals surface area contributed by atoms with Crippen LogP contribution in [0, 0.1) is 5.92 Å². The second-order valence-electron chi connectivity index (χ2n) is 5.64. The van der Waals surface area contributed by atoms with E-state index < -0.39 is 0 Å². The van der Waals surface area contributed by atoms with Gasteiger partial charge in [0.2, 0.25) is 11.8 Å². The Balaban J connectivity index is 2.26. The molecule has 1 heterocycles. The van der Waals surface area contributed by atoms with Crippen molar-refractivity contribution in [3.8, 4) is 0 Å². The third-order valence-electron chi connectivity index (χ3n) is 3.43. The van der Waals surface area contributed by atoms with E-state index in [1.165, 1.54) is 0 Å². The van der Waals surface area contributed by atoms with Gasteiger partial charge in [-0.25, -0.2) is 0 Å². The first-order valence-electron chi connectivity index (χ1n) is 7.24. The topological polar surface area (TPSA) is 49.4 Å². The molecular weight excluding hydrogens is 252 g/mol. The van der Waals surface area contributed by atoms with E-state index >= 15 is 0 Å². The Kier molecular flexibility index (Phi) is 4.42. The molecular formula is C16H22N2O2. The number of carbonyl (C=O) groups excluding carboxylic acids is 2. The summed E-state index contributed by atoms with van der Waals surface area (Å²) in [4.78, 5) is 25.4. The van der Waals surface area contributed by atoms with Crippen molar-refractivity contribution < 1.29 is 9.59 Å². The average molecular weight is 274 g/mol. The molecule has 1 aromatic carbocycles. The molecule has 0 atom stereocenters. The molecule has 4 nitrogen and oxygen atoms in total. The number of amides is 2. The van der Waals surface area contributed by atoms with Crippen molar-refractivity contribution in [2.45, 2.75) is 40.0 Å². The van der Waals surface area contributed by atoms with E-state index in [1.807, 2.05) is 30.0 Å². The fraction of sp³-hybridized carbons (Fsp3) is 0.500. The lowest BCUT2D eigenvalue weighted by atomic mass is 9.99. The van der Waals surface area contributed by atoms with E-state index in [0.717, 1.165) is 29.9 Å². The SMILES string of the molecule is CCC(=O)Nc1ccc2c(c1)CCC(=O)N2CC(C)C. The summed E-state index contributed by atoms with van der Waals surface area (Å²) in [5, 5.41) is 2.87. The first-order valence-corrected chi connectivity index (χ1v) is 7.24. The van der Waals surface area contributed by atoms with E-state index in [9.17, 15) is 9.59 Å². The predicted octanol–water partition coefficient (Wildman–Crippen LogP) is 2.97. The van der Waals surface area contributed by atoms with Gasteiger partial charge in [-0.1, -0.05) is 20.8 Å². The Labute approximate surface area is 120 Å². The van der Waals surface area contributed by atoms with Crippen LogP contribution < -0.4 is 10.2 Å². The van der Waals surface area contributed by atoms with Gasteiger partial charge in [-0.2, -0.15) is 0 Å². The number of benzene rings is 1.